The third-order valence-corrected chi connectivity index (χ3v) is 6.73. The van der Waals surface area contributed by atoms with E-state index in [1.54, 1.807) is 7.11 Å². The molecule has 168 valence electrons. The third kappa shape index (κ3) is 4.07. The lowest BCUT2D eigenvalue weighted by atomic mass is 9.74. The Hall–Kier alpha value is -2.99. The van der Waals surface area contributed by atoms with E-state index < -0.39 is 5.41 Å². The van der Waals surface area contributed by atoms with Gasteiger partial charge in [-0.2, -0.15) is 0 Å². The number of fused-ring (bicyclic) bond motifs is 1. The highest BCUT2D eigenvalue weighted by molar-refractivity contribution is 6.11. The minimum absolute atomic E-state index is 0.0122. The Morgan fingerprint density at radius 1 is 1.16 bits per heavy atom. The highest BCUT2D eigenvalue weighted by atomic mass is 16.5. The van der Waals surface area contributed by atoms with E-state index in [2.05, 4.69) is 11.4 Å². The van der Waals surface area contributed by atoms with Crippen molar-refractivity contribution in [1.29, 1.82) is 0 Å². The summed E-state index contributed by atoms with van der Waals surface area (Å²) in [6.45, 7) is 2.69. The zero-order valence-electron chi connectivity index (χ0n) is 18.7. The molecule has 2 atom stereocenters. The van der Waals surface area contributed by atoms with Crippen molar-refractivity contribution in [2.75, 3.05) is 20.3 Å². The first-order valence-corrected chi connectivity index (χ1v) is 11.2. The molecule has 2 aromatic carbocycles. The number of ether oxygens (including phenoxy) is 1. The molecule has 6 heteroatoms. The number of methoxy groups -OCH3 is 1. The molecular weight excluding hydrogens is 404 g/mol. The van der Waals surface area contributed by atoms with Gasteiger partial charge in [0, 0.05) is 33.1 Å². The van der Waals surface area contributed by atoms with Crippen LogP contribution in [0.3, 0.4) is 0 Å². The highest BCUT2D eigenvalue weighted by Gasteiger charge is 2.54. The van der Waals surface area contributed by atoms with Crippen LogP contribution in [0.1, 0.15) is 54.0 Å². The average molecular weight is 435 g/mol. The van der Waals surface area contributed by atoms with Crippen molar-refractivity contribution < 1.29 is 19.1 Å². The number of rotatable bonds is 8. The van der Waals surface area contributed by atoms with Gasteiger partial charge in [0.1, 0.15) is 0 Å². The van der Waals surface area contributed by atoms with Gasteiger partial charge in [-0.25, -0.2) is 0 Å². The van der Waals surface area contributed by atoms with Crippen molar-refractivity contribution in [3.63, 3.8) is 0 Å². The normalized spacial score (nSPS) is 22.3. The van der Waals surface area contributed by atoms with Crippen LogP contribution in [-0.4, -0.2) is 42.9 Å². The predicted molar refractivity (Wildman–Crippen MR) is 121 cm³/mol. The van der Waals surface area contributed by atoms with Gasteiger partial charge in [-0.3, -0.25) is 19.3 Å². The number of amides is 3. The van der Waals surface area contributed by atoms with Crippen LogP contribution < -0.4 is 5.32 Å². The molecule has 6 nitrogen and oxygen atoms in total. The van der Waals surface area contributed by atoms with Gasteiger partial charge in [-0.15, -0.1) is 0 Å². The van der Waals surface area contributed by atoms with Crippen LogP contribution in [0, 0.1) is 6.92 Å². The largest absolute Gasteiger partial charge is 0.385 e. The molecule has 1 heterocycles. The smallest absolute Gasteiger partial charge is 0.240 e. The van der Waals surface area contributed by atoms with E-state index in [-0.39, 0.29) is 36.6 Å². The first-order chi connectivity index (χ1) is 15.5. The molecule has 4 rings (SSSR count). The quantitative estimate of drug-likeness (QED) is 0.511. The van der Waals surface area contributed by atoms with Crippen LogP contribution in [0.15, 0.2) is 48.5 Å². The lowest BCUT2D eigenvalue weighted by molar-refractivity contribution is -0.141. The maximum absolute atomic E-state index is 13.6. The number of hydrogen-bond donors (Lipinski definition) is 1. The summed E-state index contributed by atoms with van der Waals surface area (Å²) in [6.07, 6.45) is 2.32. The lowest BCUT2D eigenvalue weighted by Crippen LogP contribution is -2.43. The van der Waals surface area contributed by atoms with Gasteiger partial charge < -0.3 is 10.1 Å². The molecule has 0 radical (unpaired) electrons. The first kappa shape index (κ1) is 22.2. The number of carbonyl (C=O) groups excluding carboxylic acids is 3. The summed E-state index contributed by atoms with van der Waals surface area (Å²) < 4.78 is 5.08. The standard InChI is InChI=1S/C26H30N2O4/c1-18-8-3-6-11-21(18)26(17-24(30)28(25(26)31)14-7-15-32-2)16-23(29)27-22-13-12-19-9-4-5-10-20(19)22/h3-6,8-11,22H,7,12-17H2,1-2H3,(H,27,29)/t22-,26-/m0/s1. The van der Waals surface area contributed by atoms with Crippen LogP contribution in [0.2, 0.25) is 0 Å². The zero-order chi connectivity index (χ0) is 22.7. The Bertz CT molecular complexity index is 1030. The second-order valence-electron chi connectivity index (χ2n) is 8.81. The molecule has 1 aliphatic heterocycles. The maximum atomic E-state index is 13.6. The Balaban J connectivity index is 1.60. The minimum atomic E-state index is -1.17. The van der Waals surface area contributed by atoms with E-state index in [1.807, 2.05) is 49.4 Å². The van der Waals surface area contributed by atoms with Crippen molar-refractivity contribution >= 4 is 17.7 Å². The summed E-state index contributed by atoms with van der Waals surface area (Å²) in [5, 5.41) is 3.14. The molecule has 1 saturated heterocycles. The molecule has 32 heavy (non-hydrogen) atoms. The number of nitrogens with zero attached hydrogens (tertiary/aromatic N) is 1. The summed E-state index contributed by atoms with van der Waals surface area (Å²) in [6, 6.07) is 15.6. The molecule has 2 aromatic rings. The van der Waals surface area contributed by atoms with E-state index in [1.165, 1.54) is 10.5 Å². The Labute approximate surface area is 188 Å². The monoisotopic (exact) mass is 434 g/mol. The van der Waals surface area contributed by atoms with Crippen LogP contribution in [-0.2, 0) is 31.0 Å². The first-order valence-electron chi connectivity index (χ1n) is 11.2. The van der Waals surface area contributed by atoms with Gasteiger partial charge in [0.05, 0.1) is 11.5 Å². The van der Waals surface area contributed by atoms with E-state index in [9.17, 15) is 14.4 Å². The summed E-state index contributed by atoms with van der Waals surface area (Å²) in [5.41, 5.74) is 2.89. The van der Waals surface area contributed by atoms with Crippen LogP contribution in [0.25, 0.3) is 0 Å². The number of benzene rings is 2. The third-order valence-electron chi connectivity index (χ3n) is 6.73. The number of hydrogen-bond acceptors (Lipinski definition) is 4. The van der Waals surface area contributed by atoms with Crippen LogP contribution in [0.5, 0.6) is 0 Å². The second kappa shape index (κ2) is 9.25. The van der Waals surface area contributed by atoms with Gasteiger partial charge in [-0.1, -0.05) is 48.5 Å². The average Bonchev–Trinajstić information content (AvgIpc) is 3.28. The molecule has 0 spiro atoms. The van der Waals surface area contributed by atoms with E-state index >= 15 is 0 Å². The summed E-state index contributed by atoms with van der Waals surface area (Å²) in [4.78, 5) is 41.1. The summed E-state index contributed by atoms with van der Waals surface area (Å²) >= 11 is 0. The minimum Gasteiger partial charge on any atom is -0.385 e. The fourth-order valence-electron chi connectivity index (χ4n) is 5.17. The Kier molecular flexibility index (Phi) is 6.42. The fourth-order valence-corrected chi connectivity index (χ4v) is 5.17. The topological polar surface area (TPSA) is 75.7 Å². The lowest BCUT2D eigenvalue weighted by Gasteiger charge is -2.29. The zero-order valence-corrected chi connectivity index (χ0v) is 18.7. The van der Waals surface area contributed by atoms with Gasteiger partial charge in [0.2, 0.25) is 17.7 Å². The van der Waals surface area contributed by atoms with Crippen LogP contribution in [0.4, 0.5) is 0 Å². The summed E-state index contributed by atoms with van der Waals surface area (Å²) in [7, 11) is 1.59. The van der Waals surface area contributed by atoms with E-state index in [4.69, 9.17) is 4.74 Å². The molecule has 0 unspecified atom stereocenters. The Morgan fingerprint density at radius 2 is 1.91 bits per heavy atom. The molecule has 3 amide bonds. The second-order valence-corrected chi connectivity index (χ2v) is 8.81. The van der Waals surface area contributed by atoms with Gasteiger partial charge in [0.15, 0.2) is 0 Å². The number of nitrogens with one attached hydrogen (secondary N) is 1. The molecule has 0 saturated carbocycles. The van der Waals surface area contributed by atoms with Crippen molar-refractivity contribution in [2.45, 2.75) is 50.5 Å². The Morgan fingerprint density at radius 3 is 2.69 bits per heavy atom. The molecule has 0 aromatic heterocycles. The van der Waals surface area contributed by atoms with Crippen molar-refractivity contribution in [3.05, 3.63) is 70.8 Å². The van der Waals surface area contributed by atoms with Crippen LogP contribution >= 0.6 is 0 Å². The fraction of sp³-hybridized carbons (Fsp3) is 0.423. The van der Waals surface area contributed by atoms with E-state index in [0.717, 1.165) is 29.5 Å². The predicted octanol–water partition coefficient (Wildman–Crippen LogP) is 3.22. The number of aryl methyl sites for hydroxylation is 2. The number of imide groups is 1. The number of carbonyl (C=O) groups is 3. The molecule has 2 aliphatic rings. The maximum Gasteiger partial charge on any atom is 0.240 e. The van der Waals surface area contributed by atoms with Crippen molar-refractivity contribution in [3.8, 4) is 0 Å². The molecule has 1 N–H and O–H groups in total. The number of likely N-dealkylation sites (tertiary alicyclic amines) is 1. The van der Waals surface area contributed by atoms with Gasteiger partial charge in [0.25, 0.3) is 0 Å². The highest BCUT2D eigenvalue weighted by Crippen LogP contribution is 2.42. The van der Waals surface area contributed by atoms with Crippen molar-refractivity contribution in [1.82, 2.24) is 10.2 Å². The summed E-state index contributed by atoms with van der Waals surface area (Å²) in [5.74, 6) is -0.710. The molecule has 0 bridgehead atoms. The molecule has 1 aliphatic carbocycles. The van der Waals surface area contributed by atoms with Crippen molar-refractivity contribution in [2.24, 2.45) is 0 Å². The SMILES string of the molecule is COCCCN1C(=O)C[C@@](CC(=O)N[C@H]2CCc3ccccc32)(c2ccccc2C)C1=O. The molecular formula is C26H30N2O4. The van der Waals surface area contributed by atoms with Gasteiger partial charge >= 0.3 is 0 Å². The molecule has 1 fully saturated rings. The van der Waals surface area contributed by atoms with Gasteiger partial charge in [-0.05, 0) is 48.4 Å². The van der Waals surface area contributed by atoms with E-state index in [0.29, 0.717) is 19.6 Å².